The van der Waals surface area contributed by atoms with Crippen molar-refractivity contribution in [3.05, 3.63) is 94.4 Å². The highest BCUT2D eigenvalue weighted by atomic mass is 35.5. The number of pyridine rings is 1. The Morgan fingerprint density at radius 1 is 1.23 bits per heavy atom. The Labute approximate surface area is 237 Å². The lowest BCUT2D eigenvalue weighted by Crippen LogP contribution is -2.40. The van der Waals surface area contributed by atoms with Crippen molar-refractivity contribution in [2.24, 2.45) is 0 Å². The number of amides is 2. The molecule has 0 bridgehead atoms. The minimum absolute atomic E-state index is 0.111. The SMILES string of the molecule is CCOC(=O)N1CCc2c([nH]c3ccc(Cl)cc23)[C@@H]1c1ccc(OCCC(O)CNC(=O)c2cccnc2)cc1. The fourth-order valence-corrected chi connectivity index (χ4v) is 5.15. The van der Waals surface area contributed by atoms with E-state index in [0.717, 1.165) is 27.7 Å². The minimum Gasteiger partial charge on any atom is -0.493 e. The number of carbonyl (C=O) groups excluding carboxylic acids is 2. The van der Waals surface area contributed by atoms with E-state index >= 15 is 0 Å². The van der Waals surface area contributed by atoms with E-state index in [4.69, 9.17) is 21.1 Å². The number of aromatic amines is 1. The second-order valence-corrected chi connectivity index (χ2v) is 10.0. The van der Waals surface area contributed by atoms with Crippen LogP contribution in [-0.2, 0) is 11.2 Å². The van der Waals surface area contributed by atoms with Crippen molar-refractivity contribution in [1.82, 2.24) is 20.2 Å². The Morgan fingerprint density at radius 3 is 2.80 bits per heavy atom. The maximum atomic E-state index is 12.9. The van der Waals surface area contributed by atoms with Crippen LogP contribution in [0.15, 0.2) is 67.0 Å². The molecule has 3 heterocycles. The number of aliphatic hydroxyl groups is 1. The third-order valence-electron chi connectivity index (χ3n) is 6.93. The summed E-state index contributed by atoms with van der Waals surface area (Å²) in [4.78, 5) is 34.2. The topological polar surface area (TPSA) is 117 Å². The summed E-state index contributed by atoms with van der Waals surface area (Å²) in [5.74, 6) is 0.349. The first kappa shape index (κ1) is 27.5. The number of hydrogen-bond donors (Lipinski definition) is 3. The zero-order valence-electron chi connectivity index (χ0n) is 22.1. The summed E-state index contributed by atoms with van der Waals surface area (Å²) < 4.78 is 11.2. The molecule has 2 amide bonds. The highest BCUT2D eigenvalue weighted by molar-refractivity contribution is 6.31. The van der Waals surface area contributed by atoms with Gasteiger partial charge in [0.2, 0.25) is 0 Å². The van der Waals surface area contributed by atoms with Crippen molar-refractivity contribution in [1.29, 1.82) is 0 Å². The first-order chi connectivity index (χ1) is 19.4. The maximum absolute atomic E-state index is 12.9. The number of benzene rings is 2. The van der Waals surface area contributed by atoms with Crippen molar-refractivity contribution < 1.29 is 24.2 Å². The number of ether oxygens (including phenoxy) is 2. The Balaban J connectivity index is 1.24. The molecule has 5 rings (SSSR count). The number of carbonyl (C=O) groups is 2. The van der Waals surface area contributed by atoms with Crippen molar-refractivity contribution in [2.45, 2.75) is 31.9 Å². The van der Waals surface area contributed by atoms with Crippen LogP contribution in [0.5, 0.6) is 5.75 Å². The van der Waals surface area contributed by atoms with Crippen molar-refractivity contribution in [2.75, 3.05) is 26.3 Å². The van der Waals surface area contributed by atoms with Gasteiger partial charge >= 0.3 is 6.09 Å². The van der Waals surface area contributed by atoms with Gasteiger partial charge in [0.1, 0.15) is 11.8 Å². The molecule has 0 aliphatic carbocycles. The molecule has 9 nitrogen and oxygen atoms in total. The number of H-pyrrole nitrogens is 1. The van der Waals surface area contributed by atoms with Gasteiger partial charge in [-0.05, 0) is 66.9 Å². The average Bonchev–Trinajstić information content (AvgIpc) is 3.34. The van der Waals surface area contributed by atoms with E-state index in [1.807, 2.05) is 42.5 Å². The summed E-state index contributed by atoms with van der Waals surface area (Å²) >= 11 is 6.28. The van der Waals surface area contributed by atoms with Crippen LogP contribution < -0.4 is 10.1 Å². The highest BCUT2D eigenvalue weighted by Gasteiger charge is 2.35. The van der Waals surface area contributed by atoms with E-state index in [2.05, 4.69) is 15.3 Å². The molecule has 208 valence electrons. The molecule has 1 unspecified atom stereocenters. The molecule has 1 aliphatic heterocycles. The van der Waals surface area contributed by atoms with Crippen molar-refractivity contribution in [3.63, 3.8) is 0 Å². The predicted molar refractivity (Wildman–Crippen MR) is 152 cm³/mol. The second-order valence-electron chi connectivity index (χ2n) is 9.56. The second kappa shape index (κ2) is 12.4. The summed E-state index contributed by atoms with van der Waals surface area (Å²) in [7, 11) is 0. The van der Waals surface area contributed by atoms with E-state index in [1.54, 1.807) is 30.2 Å². The van der Waals surface area contributed by atoms with Crippen LogP contribution in [-0.4, -0.2) is 64.4 Å². The molecule has 2 aromatic carbocycles. The Bertz CT molecular complexity index is 1470. The summed E-state index contributed by atoms with van der Waals surface area (Å²) in [6, 6.07) is 16.3. The summed E-state index contributed by atoms with van der Waals surface area (Å²) in [6.45, 7) is 2.99. The number of aliphatic hydroxyl groups excluding tert-OH is 1. The predicted octanol–water partition coefficient (Wildman–Crippen LogP) is 4.88. The smallest absolute Gasteiger partial charge is 0.410 e. The van der Waals surface area contributed by atoms with Gasteiger partial charge in [-0.25, -0.2) is 4.79 Å². The normalized spacial score (nSPS) is 15.4. The van der Waals surface area contributed by atoms with E-state index in [9.17, 15) is 14.7 Å². The number of nitrogens with zero attached hydrogens (tertiary/aromatic N) is 2. The summed E-state index contributed by atoms with van der Waals surface area (Å²) in [5.41, 5.74) is 4.42. The summed E-state index contributed by atoms with van der Waals surface area (Å²) in [6.07, 6.45) is 2.99. The van der Waals surface area contributed by atoms with E-state index in [1.165, 1.54) is 6.20 Å². The number of aromatic nitrogens is 2. The van der Waals surface area contributed by atoms with Gasteiger partial charge in [-0.3, -0.25) is 14.7 Å². The average molecular weight is 563 g/mol. The van der Waals surface area contributed by atoms with Crippen LogP contribution in [0.4, 0.5) is 4.79 Å². The van der Waals surface area contributed by atoms with E-state index in [-0.39, 0.29) is 31.2 Å². The van der Waals surface area contributed by atoms with Crippen LogP contribution >= 0.6 is 11.6 Å². The molecule has 4 aromatic rings. The zero-order valence-corrected chi connectivity index (χ0v) is 22.9. The van der Waals surface area contributed by atoms with Crippen LogP contribution in [0.25, 0.3) is 10.9 Å². The van der Waals surface area contributed by atoms with Gasteiger partial charge in [0.05, 0.1) is 24.9 Å². The van der Waals surface area contributed by atoms with Crippen LogP contribution in [0.2, 0.25) is 5.02 Å². The molecule has 3 N–H and O–H groups in total. The molecule has 0 saturated heterocycles. The third-order valence-corrected chi connectivity index (χ3v) is 7.16. The van der Waals surface area contributed by atoms with E-state index < -0.39 is 6.10 Å². The summed E-state index contributed by atoms with van der Waals surface area (Å²) in [5, 5.41) is 14.7. The quantitative estimate of drug-likeness (QED) is 0.268. The molecular formula is C30H31ClN4O5. The molecule has 0 spiro atoms. The number of nitrogens with one attached hydrogen (secondary N) is 2. The number of rotatable bonds is 9. The fourth-order valence-electron chi connectivity index (χ4n) is 4.98. The highest BCUT2D eigenvalue weighted by Crippen LogP contribution is 2.39. The van der Waals surface area contributed by atoms with Crippen LogP contribution in [0.1, 0.15) is 46.6 Å². The molecular weight excluding hydrogens is 532 g/mol. The van der Waals surface area contributed by atoms with Gasteiger partial charge < -0.3 is 24.9 Å². The minimum atomic E-state index is -0.755. The molecule has 40 heavy (non-hydrogen) atoms. The zero-order chi connectivity index (χ0) is 28.1. The Hall–Kier alpha value is -4.08. The van der Waals surface area contributed by atoms with Crippen molar-refractivity contribution in [3.8, 4) is 5.75 Å². The fraction of sp³-hybridized carbons (Fsp3) is 0.300. The van der Waals surface area contributed by atoms with Gasteiger partial charge in [-0.15, -0.1) is 0 Å². The first-order valence-electron chi connectivity index (χ1n) is 13.3. The first-order valence-corrected chi connectivity index (χ1v) is 13.6. The lowest BCUT2D eigenvalue weighted by molar-refractivity contribution is 0.0893. The molecule has 1 aliphatic rings. The van der Waals surface area contributed by atoms with E-state index in [0.29, 0.717) is 42.3 Å². The standard InChI is InChI=1S/C30H31ClN4O5/c1-2-39-30(38)35-14-11-24-25-16-21(31)7-10-26(25)34-27(24)28(35)19-5-8-23(9-6-19)40-15-12-22(36)18-33-29(37)20-4-3-13-32-17-20/h3-10,13,16-17,22,28,34,36H,2,11-12,14-15,18H2,1H3,(H,33,37)/t22?,28-/m0/s1. The molecule has 0 saturated carbocycles. The Morgan fingerprint density at radius 2 is 2.05 bits per heavy atom. The molecule has 2 aromatic heterocycles. The van der Waals surface area contributed by atoms with Gasteiger partial charge in [-0.1, -0.05) is 23.7 Å². The lowest BCUT2D eigenvalue weighted by atomic mass is 9.92. The number of fused-ring (bicyclic) bond motifs is 3. The van der Waals surface area contributed by atoms with Gasteiger partial charge in [0, 0.05) is 53.5 Å². The lowest BCUT2D eigenvalue weighted by Gasteiger charge is -2.35. The number of hydrogen-bond acceptors (Lipinski definition) is 6. The molecule has 2 atom stereocenters. The van der Waals surface area contributed by atoms with Crippen LogP contribution in [0, 0.1) is 0 Å². The Kier molecular flexibility index (Phi) is 8.52. The molecule has 0 radical (unpaired) electrons. The molecule has 10 heteroatoms. The van der Waals surface area contributed by atoms with Crippen molar-refractivity contribution >= 4 is 34.5 Å². The maximum Gasteiger partial charge on any atom is 0.410 e. The monoisotopic (exact) mass is 562 g/mol. The largest absolute Gasteiger partial charge is 0.493 e. The van der Waals surface area contributed by atoms with Gasteiger partial charge in [0.15, 0.2) is 0 Å². The number of halogens is 1. The van der Waals surface area contributed by atoms with Gasteiger partial charge in [0.25, 0.3) is 5.91 Å². The molecule has 0 fully saturated rings. The van der Waals surface area contributed by atoms with Crippen LogP contribution in [0.3, 0.4) is 0 Å². The van der Waals surface area contributed by atoms with Gasteiger partial charge in [-0.2, -0.15) is 0 Å². The third kappa shape index (κ3) is 6.05.